The zero-order valence-electron chi connectivity index (χ0n) is 4.44. The Bertz CT molecular complexity index is 56.7. The Morgan fingerprint density at radius 1 is 0.600 bits per heavy atom. The first-order chi connectivity index (χ1) is 4.00. The van der Waals surface area contributed by atoms with E-state index in [1.165, 1.54) is 0 Å². The van der Waals surface area contributed by atoms with Gasteiger partial charge in [0.2, 0.25) is 0 Å². The van der Waals surface area contributed by atoms with Crippen LogP contribution in [0.2, 0.25) is 0 Å². The van der Waals surface area contributed by atoms with Gasteiger partial charge < -0.3 is 28.8 Å². The molecule has 64 valence electrons. The van der Waals surface area contributed by atoms with Crippen LogP contribution in [0.3, 0.4) is 0 Å². The topological polar surface area (TPSA) is 121 Å². The lowest BCUT2D eigenvalue weighted by molar-refractivity contribution is 0.259. The standard InChI is InChI=1S/2ClH3O3Si/c2*1-5(2,3)4/h2*2-4H. The number of hydrogen-bond acceptors (Lipinski definition) is 6. The van der Waals surface area contributed by atoms with E-state index in [1.807, 2.05) is 0 Å². The van der Waals surface area contributed by atoms with Gasteiger partial charge in [-0.2, -0.15) is 0 Å². The highest BCUT2D eigenvalue weighted by atomic mass is 35.6. The Hall–Kier alpha value is 0.774. The van der Waals surface area contributed by atoms with Gasteiger partial charge in [-0.1, -0.05) is 22.2 Å². The molecule has 0 saturated heterocycles. The van der Waals surface area contributed by atoms with Gasteiger partial charge in [0.15, 0.2) is 0 Å². The molecule has 0 spiro atoms. The van der Waals surface area contributed by atoms with Crippen molar-refractivity contribution in [3.8, 4) is 0 Å². The minimum absolute atomic E-state index is 4.14. The summed E-state index contributed by atoms with van der Waals surface area (Å²) in [6.07, 6.45) is 0. The van der Waals surface area contributed by atoms with Crippen LogP contribution in [-0.4, -0.2) is 45.0 Å². The summed E-state index contributed by atoms with van der Waals surface area (Å²) >= 11 is 8.67. The molecular formula is H6Cl2O6Si2. The molecule has 0 amide bonds. The Kier molecular flexibility index (Phi) is 6.16. The third kappa shape index (κ3) is 886. The lowest BCUT2D eigenvalue weighted by Crippen LogP contribution is -2.25. The summed E-state index contributed by atoms with van der Waals surface area (Å²) in [4.78, 5) is 45.2. The first kappa shape index (κ1) is 13.4. The van der Waals surface area contributed by atoms with E-state index in [0.717, 1.165) is 0 Å². The zero-order chi connectivity index (χ0) is 9.00. The third-order valence-electron chi connectivity index (χ3n) is 0. The van der Waals surface area contributed by atoms with E-state index in [0.29, 0.717) is 0 Å². The minimum Gasteiger partial charge on any atom is -0.378 e. The van der Waals surface area contributed by atoms with Crippen molar-refractivity contribution < 1.29 is 28.8 Å². The second kappa shape index (κ2) is 4.61. The van der Waals surface area contributed by atoms with E-state index in [2.05, 4.69) is 22.2 Å². The van der Waals surface area contributed by atoms with E-state index < -0.39 is 16.2 Å². The smallest absolute Gasteiger partial charge is 0.378 e. The fourth-order valence-electron chi connectivity index (χ4n) is 0. The Morgan fingerprint density at radius 2 is 0.600 bits per heavy atom. The van der Waals surface area contributed by atoms with Crippen molar-refractivity contribution in [2.75, 3.05) is 0 Å². The van der Waals surface area contributed by atoms with Crippen LogP contribution in [0.4, 0.5) is 0 Å². The molecule has 0 aliphatic rings. The molecule has 0 bridgehead atoms. The van der Waals surface area contributed by atoms with Crippen molar-refractivity contribution in [3.05, 3.63) is 0 Å². The average Bonchev–Trinajstić information content (AvgIpc) is 1.12. The first-order valence-electron chi connectivity index (χ1n) is 1.72. The summed E-state index contributed by atoms with van der Waals surface area (Å²) in [6.45, 7) is 0. The quantitative estimate of drug-likeness (QED) is 0.198. The Balaban J connectivity index is 0. The van der Waals surface area contributed by atoms with Crippen molar-refractivity contribution in [3.63, 3.8) is 0 Å². The third-order valence-corrected chi connectivity index (χ3v) is 0. The highest BCUT2D eigenvalue weighted by molar-refractivity contribution is 7.07. The van der Waals surface area contributed by atoms with Gasteiger partial charge in [0.05, 0.1) is 0 Å². The molecule has 10 heteroatoms. The highest BCUT2D eigenvalue weighted by Gasteiger charge is 2.21. The Morgan fingerprint density at radius 3 is 0.600 bits per heavy atom. The van der Waals surface area contributed by atoms with Crippen molar-refractivity contribution in [2.45, 2.75) is 0 Å². The number of hydrogen-bond donors (Lipinski definition) is 6. The van der Waals surface area contributed by atoms with Crippen LogP contribution in [-0.2, 0) is 0 Å². The maximum Gasteiger partial charge on any atom is 0.605 e. The Labute approximate surface area is 67.7 Å². The molecule has 0 aliphatic heterocycles. The number of halogens is 2. The van der Waals surface area contributed by atoms with Gasteiger partial charge in [-0.15, -0.1) is 0 Å². The van der Waals surface area contributed by atoms with Crippen molar-refractivity contribution in [1.82, 2.24) is 0 Å². The summed E-state index contributed by atoms with van der Waals surface area (Å²) in [7, 11) is -8.28. The van der Waals surface area contributed by atoms with E-state index >= 15 is 0 Å². The van der Waals surface area contributed by atoms with Gasteiger partial charge in [0.25, 0.3) is 0 Å². The molecule has 0 unspecified atom stereocenters. The van der Waals surface area contributed by atoms with Crippen LogP contribution in [0, 0.1) is 0 Å². The largest absolute Gasteiger partial charge is 0.605 e. The lowest BCUT2D eigenvalue weighted by atomic mass is 15.8. The van der Waals surface area contributed by atoms with Crippen LogP contribution in [0.1, 0.15) is 0 Å². The molecule has 0 aromatic heterocycles. The molecular weight excluding hydrogens is 223 g/mol. The van der Waals surface area contributed by atoms with Crippen molar-refractivity contribution >= 4 is 38.4 Å². The van der Waals surface area contributed by atoms with E-state index in [9.17, 15) is 0 Å². The molecule has 0 heterocycles. The van der Waals surface area contributed by atoms with Gasteiger partial charge in [-0.3, -0.25) is 0 Å². The molecule has 0 radical (unpaired) electrons. The molecule has 0 aliphatic carbocycles. The van der Waals surface area contributed by atoms with Gasteiger partial charge in [-0.05, 0) is 0 Å². The molecule has 0 saturated carbocycles. The van der Waals surface area contributed by atoms with Gasteiger partial charge in [-0.25, -0.2) is 0 Å². The van der Waals surface area contributed by atoms with Crippen molar-refractivity contribution in [1.29, 1.82) is 0 Å². The van der Waals surface area contributed by atoms with E-state index in [-0.39, 0.29) is 0 Å². The molecule has 6 nitrogen and oxygen atoms in total. The fraction of sp³-hybridized carbons (Fsp3) is 0. The predicted octanol–water partition coefficient (Wildman–Crippen LogP) is -2.72. The average molecular weight is 229 g/mol. The summed E-state index contributed by atoms with van der Waals surface area (Å²) in [5.41, 5.74) is 0. The van der Waals surface area contributed by atoms with Gasteiger partial charge in [0, 0.05) is 0 Å². The van der Waals surface area contributed by atoms with Gasteiger partial charge >= 0.3 is 16.2 Å². The van der Waals surface area contributed by atoms with E-state index in [4.69, 9.17) is 28.8 Å². The second-order valence-electron chi connectivity index (χ2n) is 1.11. The monoisotopic (exact) mass is 228 g/mol. The fourth-order valence-corrected chi connectivity index (χ4v) is 0. The second-order valence-corrected chi connectivity index (χ2v) is 6.36. The van der Waals surface area contributed by atoms with Crippen LogP contribution in [0.25, 0.3) is 0 Å². The van der Waals surface area contributed by atoms with Gasteiger partial charge in [0.1, 0.15) is 0 Å². The maximum absolute atomic E-state index is 7.54. The summed E-state index contributed by atoms with van der Waals surface area (Å²) in [6, 6.07) is 0. The molecule has 0 rings (SSSR count). The van der Waals surface area contributed by atoms with E-state index in [1.54, 1.807) is 0 Å². The molecule has 0 aromatic rings. The molecule has 0 atom stereocenters. The highest BCUT2D eigenvalue weighted by Crippen LogP contribution is 1.87. The zero-order valence-corrected chi connectivity index (χ0v) is 7.95. The maximum atomic E-state index is 7.54. The molecule has 0 aromatic carbocycles. The summed E-state index contributed by atoms with van der Waals surface area (Å²) < 4.78 is 0. The summed E-state index contributed by atoms with van der Waals surface area (Å²) in [5.74, 6) is 0. The molecule has 10 heavy (non-hydrogen) atoms. The normalized spacial score (nSPS) is 12.0. The predicted molar refractivity (Wildman–Crippen MR) is 36.5 cm³/mol. The number of rotatable bonds is 0. The SMILES string of the molecule is O[Si](O)(O)Cl.O[Si](O)(O)Cl. The van der Waals surface area contributed by atoms with Crippen LogP contribution >= 0.6 is 22.2 Å². The van der Waals surface area contributed by atoms with Crippen LogP contribution in [0.15, 0.2) is 0 Å². The van der Waals surface area contributed by atoms with Crippen LogP contribution in [0.5, 0.6) is 0 Å². The molecule has 0 fully saturated rings. The minimum atomic E-state index is -4.14. The first-order valence-corrected chi connectivity index (χ1v) is 7.43. The van der Waals surface area contributed by atoms with Crippen LogP contribution < -0.4 is 0 Å². The lowest BCUT2D eigenvalue weighted by Gasteiger charge is -1.90. The molecule has 6 N–H and O–H groups in total. The summed E-state index contributed by atoms with van der Waals surface area (Å²) in [5, 5.41) is 0. The van der Waals surface area contributed by atoms with Crippen molar-refractivity contribution in [2.24, 2.45) is 0 Å².